The van der Waals surface area contributed by atoms with Gasteiger partial charge in [-0.25, -0.2) is 0 Å². The zero-order valence-electron chi connectivity index (χ0n) is 12.9. The zero-order chi connectivity index (χ0) is 16.2. The number of benzene rings is 2. The molecule has 0 bridgehead atoms. The summed E-state index contributed by atoms with van der Waals surface area (Å²) in [6.45, 7) is 0. The molecule has 6 heteroatoms. The second kappa shape index (κ2) is 6.39. The molecule has 0 aliphatic heterocycles. The number of methoxy groups -OCH3 is 2. The van der Waals surface area contributed by atoms with Gasteiger partial charge in [-0.1, -0.05) is 12.1 Å². The summed E-state index contributed by atoms with van der Waals surface area (Å²) < 4.78 is 16.3. The van der Waals surface area contributed by atoms with Crippen LogP contribution in [0.5, 0.6) is 11.5 Å². The molecule has 0 radical (unpaired) electrons. The number of rotatable bonds is 5. The fraction of sp³-hybridized carbons (Fsp3) is 0.176. The van der Waals surface area contributed by atoms with E-state index in [1.54, 1.807) is 26.4 Å². The van der Waals surface area contributed by atoms with Crippen LogP contribution in [0.25, 0.3) is 11.5 Å². The Morgan fingerprint density at radius 1 is 1.00 bits per heavy atom. The van der Waals surface area contributed by atoms with E-state index in [-0.39, 0.29) is 0 Å². The second-order valence-electron chi connectivity index (χ2n) is 4.99. The average molecular weight is 311 g/mol. The fourth-order valence-electron chi connectivity index (χ4n) is 2.23. The summed E-state index contributed by atoms with van der Waals surface area (Å²) in [6, 6.07) is 13.0. The topological polar surface area (TPSA) is 83.4 Å². The third-order valence-corrected chi connectivity index (χ3v) is 3.44. The summed E-state index contributed by atoms with van der Waals surface area (Å²) in [4.78, 5) is 0. The molecule has 0 aliphatic rings. The van der Waals surface area contributed by atoms with Crippen LogP contribution in [0.4, 0.5) is 5.69 Å². The zero-order valence-corrected chi connectivity index (χ0v) is 12.9. The first-order valence-corrected chi connectivity index (χ1v) is 7.09. The van der Waals surface area contributed by atoms with E-state index in [0.717, 1.165) is 11.3 Å². The van der Waals surface area contributed by atoms with Gasteiger partial charge < -0.3 is 19.6 Å². The maximum Gasteiger partial charge on any atom is 0.251 e. The van der Waals surface area contributed by atoms with Gasteiger partial charge in [0.15, 0.2) is 0 Å². The lowest BCUT2D eigenvalue weighted by Gasteiger charge is -2.07. The summed E-state index contributed by atoms with van der Waals surface area (Å²) >= 11 is 0. The number of aromatic nitrogens is 2. The summed E-state index contributed by atoms with van der Waals surface area (Å²) in [6.07, 6.45) is 0.541. The molecule has 0 aliphatic carbocycles. The highest BCUT2D eigenvalue weighted by molar-refractivity contribution is 5.64. The fourth-order valence-corrected chi connectivity index (χ4v) is 2.23. The molecular weight excluding hydrogens is 294 g/mol. The number of nitrogens with zero attached hydrogens (tertiary/aromatic N) is 2. The lowest BCUT2D eigenvalue weighted by Crippen LogP contribution is -1.90. The Balaban J connectivity index is 1.88. The minimum atomic E-state index is 0.395. The van der Waals surface area contributed by atoms with E-state index in [0.29, 0.717) is 35.3 Å². The van der Waals surface area contributed by atoms with Crippen molar-refractivity contribution in [1.29, 1.82) is 0 Å². The molecule has 3 aromatic rings. The minimum Gasteiger partial charge on any atom is -0.497 e. The Morgan fingerprint density at radius 2 is 1.78 bits per heavy atom. The Bertz CT molecular complexity index is 797. The van der Waals surface area contributed by atoms with Gasteiger partial charge in [-0.2, -0.15) is 0 Å². The monoisotopic (exact) mass is 311 g/mol. The number of ether oxygens (including phenoxy) is 2. The van der Waals surface area contributed by atoms with E-state index in [1.165, 1.54) is 0 Å². The van der Waals surface area contributed by atoms with Crippen molar-refractivity contribution in [1.82, 2.24) is 10.2 Å². The Hall–Kier alpha value is -3.02. The van der Waals surface area contributed by atoms with E-state index >= 15 is 0 Å². The molecule has 23 heavy (non-hydrogen) atoms. The molecular formula is C17H17N3O3. The van der Waals surface area contributed by atoms with Crippen LogP contribution in [-0.2, 0) is 6.42 Å². The van der Waals surface area contributed by atoms with Gasteiger partial charge in [0.2, 0.25) is 5.89 Å². The number of nitrogens with two attached hydrogens (primary N) is 1. The largest absolute Gasteiger partial charge is 0.497 e. The van der Waals surface area contributed by atoms with Gasteiger partial charge in [0.25, 0.3) is 5.89 Å². The molecule has 1 aromatic heterocycles. The molecule has 0 fully saturated rings. The molecule has 6 nitrogen and oxygen atoms in total. The average Bonchev–Trinajstić information content (AvgIpc) is 3.04. The summed E-state index contributed by atoms with van der Waals surface area (Å²) in [5, 5.41) is 8.20. The Kier molecular flexibility index (Phi) is 4.14. The number of hydrogen-bond donors (Lipinski definition) is 1. The van der Waals surface area contributed by atoms with E-state index < -0.39 is 0 Å². The Morgan fingerprint density at radius 3 is 2.48 bits per heavy atom. The van der Waals surface area contributed by atoms with Gasteiger partial charge in [0, 0.05) is 5.69 Å². The molecule has 2 N–H and O–H groups in total. The molecule has 0 saturated heterocycles. The van der Waals surface area contributed by atoms with Crippen LogP contribution in [0, 0.1) is 0 Å². The van der Waals surface area contributed by atoms with Crippen molar-refractivity contribution >= 4 is 5.69 Å². The van der Waals surface area contributed by atoms with E-state index in [4.69, 9.17) is 19.6 Å². The third kappa shape index (κ3) is 3.26. The van der Waals surface area contributed by atoms with Crippen molar-refractivity contribution < 1.29 is 13.9 Å². The van der Waals surface area contributed by atoms with Crippen LogP contribution < -0.4 is 15.2 Å². The maximum atomic E-state index is 5.76. The van der Waals surface area contributed by atoms with Crippen LogP contribution >= 0.6 is 0 Å². The SMILES string of the molecule is COc1ccc(OC)c(-c2nnc(Cc3ccc(N)cc3)o2)c1. The lowest BCUT2D eigenvalue weighted by atomic mass is 10.1. The predicted molar refractivity (Wildman–Crippen MR) is 86.5 cm³/mol. The van der Waals surface area contributed by atoms with Gasteiger partial charge in [-0.3, -0.25) is 0 Å². The standard InChI is InChI=1S/C17H17N3O3/c1-21-13-7-8-15(22-2)14(10-13)17-20-19-16(23-17)9-11-3-5-12(18)6-4-11/h3-8,10H,9,18H2,1-2H3. The number of hydrogen-bond acceptors (Lipinski definition) is 6. The summed E-state index contributed by atoms with van der Waals surface area (Å²) in [5.74, 6) is 2.26. The van der Waals surface area contributed by atoms with Crippen molar-refractivity contribution in [3.8, 4) is 23.0 Å². The highest BCUT2D eigenvalue weighted by Crippen LogP contribution is 2.32. The van der Waals surface area contributed by atoms with Gasteiger partial charge in [0.1, 0.15) is 11.5 Å². The van der Waals surface area contributed by atoms with Crippen LogP contribution in [0.15, 0.2) is 46.9 Å². The van der Waals surface area contributed by atoms with Gasteiger partial charge in [-0.15, -0.1) is 10.2 Å². The van der Waals surface area contributed by atoms with Crippen molar-refractivity contribution in [2.45, 2.75) is 6.42 Å². The molecule has 0 unspecified atom stereocenters. The summed E-state index contributed by atoms with van der Waals surface area (Å²) in [5.41, 5.74) is 8.15. The quantitative estimate of drug-likeness (QED) is 0.729. The Labute approximate surface area is 133 Å². The highest BCUT2D eigenvalue weighted by Gasteiger charge is 2.15. The van der Waals surface area contributed by atoms with Crippen molar-refractivity contribution in [3.63, 3.8) is 0 Å². The molecule has 0 atom stereocenters. The maximum absolute atomic E-state index is 5.76. The highest BCUT2D eigenvalue weighted by atomic mass is 16.5. The van der Waals surface area contributed by atoms with Gasteiger partial charge >= 0.3 is 0 Å². The molecule has 2 aromatic carbocycles. The molecule has 3 rings (SSSR count). The van der Waals surface area contributed by atoms with Crippen LogP contribution in [0.3, 0.4) is 0 Å². The molecule has 0 amide bonds. The van der Waals surface area contributed by atoms with Crippen LogP contribution in [-0.4, -0.2) is 24.4 Å². The molecule has 1 heterocycles. The van der Waals surface area contributed by atoms with E-state index in [2.05, 4.69) is 10.2 Å². The second-order valence-corrected chi connectivity index (χ2v) is 4.99. The van der Waals surface area contributed by atoms with Crippen molar-refractivity contribution in [2.75, 3.05) is 20.0 Å². The first-order valence-electron chi connectivity index (χ1n) is 7.09. The third-order valence-electron chi connectivity index (χ3n) is 3.44. The van der Waals surface area contributed by atoms with Gasteiger partial charge in [0.05, 0.1) is 26.2 Å². The summed E-state index contributed by atoms with van der Waals surface area (Å²) in [7, 11) is 3.20. The normalized spacial score (nSPS) is 10.5. The molecule has 0 spiro atoms. The minimum absolute atomic E-state index is 0.395. The van der Waals surface area contributed by atoms with Crippen molar-refractivity contribution in [2.24, 2.45) is 0 Å². The molecule has 0 saturated carbocycles. The van der Waals surface area contributed by atoms with Crippen LogP contribution in [0.2, 0.25) is 0 Å². The molecule has 118 valence electrons. The number of anilines is 1. The van der Waals surface area contributed by atoms with Gasteiger partial charge in [-0.05, 0) is 35.9 Å². The van der Waals surface area contributed by atoms with Crippen LogP contribution in [0.1, 0.15) is 11.5 Å². The number of nitrogen functional groups attached to an aromatic ring is 1. The lowest BCUT2D eigenvalue weighted by molar-refractivity contribution is 0.402. The first-order chi connectivity index (χ1) is 11.2. The first kappa shape index (κ1) is 14.9. The van der Waals surface area contributed by atoms with E-state index in [9.17, 15) is 0 Å². The van der Waals surface area contributed by atoms with Crippen molar-refractivity contribution in [3.05, 3.63) is 53.9 Å². The van der Waals surface area contributed by atoms with E-state index in [1.807, 2.05) is 30.3 Å². The predicted octanol–water partition coefficient (Wildman–Crippen LogP) is 2.93. The smallest absolute Gasteiger partial charge is 0.251 e.